The van der Waals surface area contributed by atoms with Crippen molar-refractivity contribution in [3.8, 4) is 0 Å². The molecule has 0 fully saturated rings. The average Bonchev–Trinajstić information content (AvgIpc) is 2.13. The summed E-state index contributed by atoms with van der Waals surface area (Å²) in [5.41, 5.74) is -1.16. The molecule has 4 nitrogen and oxygen atoms in total. The minimum Gasteiger partial charge on any atom is -0.479 e. The Hall–Kier alpha value is -0.610. The van der Waals surface area contributed by atoms with Crippen LogP contribution in [0.5, 0.6) is 0 Å². The highest BCUT2D eigenvalue weighted by atomic mass is 16.5. The molecule has 0 radical (unpaired) electrons. The van der Waals surface area contributed by atoms with Gasteiger partial charge in [0.1, 0.15) is 0 Å². The number of hydrogen-bond donors (Lipinski definition) is 2. The van der Waals surface area contributed by atoms with Crippen molar-refractivity contribution in [1.29, 1.82) is 0 Å². The number of carboxylic acid groups (broad SMARTS) is 1. The van der Waals surface area contributed by atoms with Gasteiger partial charge in [-0.25, -0.2) is 4.79 Å². The third kappa shape index (κ3) is 2.96. The first kappa shape index (κ1) is 13.4. The third-order valence-corrected chi connectivity index (χ3v) is 2.62. The second kappa shape index (κ2) is 5.32. The molecule has 0 aromatic heterocycles. The minimum absolute atomic E-state index is 0.399. The first-order chi connectivity index (χ1) is 6.39. The van der Waals surface area contributed by atoms with Crippen molar-refractivity contribution < 1.29 is 19.7 Å². The van der Waals surface area contributed by atoms with Crippen LogP contribution >= 0.6 is 0 Å². The molecule has 14 heavy (non-hydrogen) atoms. The Bertz CT molecular complexity index is 185. The zero-order chi connectivity index (χ0) is 11.4. The van der Waals surface area contributed by atoms with E-state index in [9.17, 15) is 9.90 Å². The van der Waals surface area contributed by atoms with Crippen molar-refractivity contribution in [2.75, 3.05) is 0 Å². The number of hydrogen-bond acceptors (Lipinski definition) is 3. The lowest BCUT2D eigenvalue weighted by atomic mass is 9.97. The highest BCUT2D eigenvalue weighted by Crippen LogP contribution is 2.23. The molecule has 2 N–H and O–H groups in total. The van der Waals surface area contributed by atoms with E-state index >= 15 is 0 Å². The summed E-state index contributed by atoms with van der Waals surface area (Å²) < 4.78 is 5.41. The van der Waals surface area contributed by atoms with Crippen LogP contribution in [0.2, 0.25) is 0 Å². The van der Waals surface area contributed by atoms with E-state index in [1.807, 2.05) is 0 Å². The summed E-state index contributed by atoms with van der Waals surface area (Å²) in [4.78, 5) is 11.0. The Morgan fingerprint density at radius 2 is 1.79 bits per heavy atom. The Morgan fingerprint density at radius 3 is 2.00 bits per heavy atom. The van der Waals surface area contributed by atoms with Gasteiger partial charge in [0.2, 0.25) is 0 Å². The van der Waals surface area contributed by atoms with Gasteiger partial charge in [-0.05, 0) is 26.7 Å². The summed E-state index contributed by atoms with van der Waals surface area (Å²) >= 11 is 0. The Kier molecular flexibility index (Phi) is 5.08. The van der Waals surface area contributed by atoms with Crippen molar-refractivity contribution in [3.63, 3.8) is 0 Å². The Morgan fingerprint density at radius 1 is 1.36 bits per heavy atom. The van der Waals surface area contributed by atoms with Gasteiger partial charge < -0.3 is 14.9 Å². The zero-order valence-corrected chi connectivity index (χ0v) is 9.28. The molecule has 0 amide bonds. The molecule has 2 unspecified atom stereocenters. The van der Waals surface area contributed by atoms with Gasteiger partial charge in [-0.15, -0.1) is 0 Å². The summed E-state index contributed by atoms with van der Waals surface area (Å²) in [5.74, 6) is -0.963. The number of rotatable bonds is 6. The molecular weight excluding hydrogens is 184 g/mol. The van der Waals surface area contributed by atoms with Crippen LogP contribution in [0.3, 0.4) is 0 Å². The molecular formula is C10H20O4. The quantitative estimate of drug-likeness (QED) is 0.686. The van der Waals surface area contributed by atoms with Crippen LogP contribution in [0.4, 0.5) is 0 Å². The lowest BCUT2D eigenvalue weighted by molar-refractivity contribution is -0.181. The lowest BCUT2D eigenvalue weighted by Gasteiger charge is -2.31. The standard InChI is InChI=1S/C10H20O4/c1-5-10(6-2,9(12)13)14-8(4)7(3)11/h7-8,11H,5-6H2,1-4H3,(H,12,13). The molecule has 2 atom stereocenters. The van der Waals surface area contributed by atoms with Gasteiger partial charge in [0, 0.05) is 0 Å². The molecule has 0 aliphatic carbocycles. The SMILES string of the molecule is CCC(CC)(OC(C)C(C)O)C(=O)O. The topological polar surface area (TPSA) is 66.8 Å². The number of ether oxygens (including phenoxy) is 1. The van der Waals surface area contributed by atoms with Crippen LogP contribution in [-0.4, -0.2) is 34.0 Å². The largest absolute Gasteiger partial charge is 0.479 e. The molecule has 0 heterocycles. The van der Waals surface area contributed by atoms with E-state index < -0.39 is 23.8 Å². The lowest BCUT2D eigenvalue weighted by Crippen LogP contribution is -2.45. The minimum atomic E-state index is -1.16. The smallest absolute Gasteiger partial charge is 0.335 e. The normalized spacial score (nSPS) is 16.4. The predicted molar refractivity (Wildman–Crippen MR) is 53.2 cm³/mol. The molecule has 0 saturated heterocycles. The average molecular weight is 204 g/mol. The second-order valence-corrected chi connectivity index (χ2v) is 3.57. The van der Waals surface area contributed by atoms with Crippen molar-refractivity contribution in [2.24, 2.45) is 0 Å². The van der Waals surface area contributed by atoms with Crippen molar-refractivity contribution in [1.82, 2.24) is 0 Å². The van der Waals surface area contributed by atoms with E-state index in [1.54, 1.807) is 27.7 Å². The summed E-state index contributed by atoms with van der Waals surface area (Å²) in [7, 11) is 0. The van der Waals surface area contributed by atoms with Gasteiger partial charge in [0.15, 0.2) is 5.60 Å². The molecule has 0 spiro atoms. The maximum atomic E-state index is 11.0. The molecule has 0 bridgehead atoms. The van der Waals surface area contributed by atoms with Gasteiger partial charge in [-0.3, -0.25) is 0 Å². The third-order valence-electron chi connectivity index (χ3n) is 2.62. The number of aliphatic hydroxyl groups is 1. The molecule has 4 heteroatoms. The number of carbonyl (C=O) groups is 1. The number of aliphatic hydroxyl groups excluding tert-OH is 1. The fourth-order valence-corrected chi connectivity index (χ4v) is 1.22. The van der Waals surface area contributed by atoms with Gasteiger partial charge >= 0.3 is 5.97 Å². The van der Waals surface area contributed by atoms with E-state index in [2.05, 4.69) is 0 Å². The van der Waals surface area contributed by atoms with Crippen LogP contribution in [0.15, 0.2) is 0 Å². The highest BCUT2D eigenvalue weighted by Gasteiger charge is 2.38. The molecule has 0 saturated carbocycles. The molecule has 0 aliphatic heterocycles. The molecule has 0 aromatic rings. The molecule has 0 aromatic carbocycles. The van der Waals surface area contributed by atoms with E-state index in [-0.39, 0.29) is 0 Å². The van der Waals surface area contributed by atoms with Crippen LogP contribution in [0.1, 0.15) is 40.5 Å². The van der Waals surface area contributed by atoms with E-state index in [1.165, 1.54) is 0 Å². The first-order valence-corrected chi connectivity index (χ1v) is 4.99. The second-order valence-electron chi connectivity index (χ2n) is 3.57. The maximum absolute atomic E-state index is 11.0. The summed E-state index contributed by atoms with van der Waals surface area (Å²) in [6, 6.07) is 0. The molecule has 84 valence electrons. The van der Waals surface area contributed by atoms with Gasteiger partial charge in [0.25, 0.3) is 0 Å². The van der Waals surface area contributed by atoms with Gasteiger partial charge in [-0.1, -0.05) is 13.8 Å². The summed E-state index contributed by atoms with van der Waals surface area (Å²) in [6.45, 7) is 6.80. The van der Waals surface area contributed by atoms with Crippen LogP contribution in [-0.2, 0) is 9.53 Å². The van der Waals surface area contributed by atoms with Crippen LogP contribution in [0, 0.1) is 0 Å². The van der Waals surface area contributed by atoms with Gasteiger partial charge in [-0.2, -0.15) is 0 Å². The van der Waals surface area contributed by atoms with E-state index in [0.29, 0.717) is 12.8 Å². The monoisotopic (exact) mass is 204 g/mol. The van der Waals surface area contributed by atoms with Crippen molar-refractivity contribution in [3.05, 3.63) is 0 Å². The molecule has 0 rings (SSSR count). The summed E-state index contributed by atoms with van der Waals surface area (Å²) in [6.07, 6.45) is -0.330. The Labute approximate surface area is 84.9 Å². The fraction of sp³-hybridized carbons (Fsp3) is 0.900. The highest BCUT2D eigenvalue weighted by molar-refractivity contribution is 5.77. The number of carboxylic acids is 1. The van der Waals surface area contributed by atoms with Crippen LogP contribution in [0.25, 0.3) is 0 Å². The number of aliphatic carboxylic acids is 1. The molecule has 0 aliphatic rings. The zero-order valence-electron chi connectivity index (χ0n) is 9.28. The Balaban J connectivity index is 4.59. The first-order valence-electron chi connectivity index (χ1n) is 4.99. The van der Waals surface area contributed by atoms with Crippen LogP contribution < -0.4 is 0 Å². The van der Waals surface area contributed by atoms with Crippen molar-refractivity contribution in [2.45, 2.75) is 58.3 Å². The van der Waals surface area contributed by atoms with E-state index in [4.69, 9.17) is 9.84 Å². The fourth-order valence-electron chi connectivity index (χ4n) is 1.22. The van der Waals surface area contributed by atoms with E-state index in [0.717, 1.165) is 0 Å². The predicted octanol–water partition coefficient (Wildman–Crippen LogP) is 1.42. The van der Waals surface area contributed by atoms with Crippen molar-refractivity contribution >= 4 is 5.97 Å². The maximum Gasteiger partial charge on any atom is 0.335 e. The summed E-state index contributed by atoms with van der Waals surface area (Å²) in [5, 5.41) is 18.3. The van der Waals surface area contributed by atoms with Gasteiger partial charge in [0.05, 0.1) is 12.2 Å².